The molecule has 1 heterocycles. The quantitative estimate of drug-likeness (QED) is 0.905. The first-order valence-electron chi connectivity index (χ1n) is 6.11. The summed E-state index contributed by atoms with van der Waals surface area (Å²) in [5, 5.41) is 8.70. The van der Waals surface area contributed by atoms with Crippen molar-refractivity contribution in [3.05, 3.63) is 28.5 Å². The van der Waals surface area contributed by atoms with Crippen LogP contribution in [-0.2, 0) is 10.5 Å². The van der Waals surface area contributed by atoms with Crippen LogP contribution in [0.4, 0.5) is 0 Å². The Balaban J connectivity index is 1.93. The van der Waals surface area contributed by atoms with Gasteiger partial charge in [-0.05, 0) is 31.0 Å². The van der Waals surface area contributed by atoms with Crippen molar-refractivity contribution in [1.29, 1.82) is 0 Å². The van der Waals surface area contributed by atoms with Gasteiger partial charge < -0.3 is 9.67 Å². The number of carboxylic acids is 1. The number of carbonyl (C=O) groups is 1. The summed E-state index contributed by atoms with van der Waals surface area (Å²) in [6.45, 7) is 0. The molecular formula is C13H13BrN2O2S. The number of imidazole rings is 1. The molecule has 0 saturated heterocycles. The lowest BCUT2D eigenvalue weighted by molar-refractivity contribution is -0.133. The van der Waals surface area contributed by atoms with E-state index < -0.39 is 5.97 Å². The Bertz CT molecular complexity index is 637. The third-order valence-electron chi connectivity index (χ3n) is 3.09. The number of aliphatic carboxylic acids is 1. The minimum Gasteiger partial charge on any atom is -0.481 e. The van der Waals surface area contributed by atoms with Gasteiger partial charge in [0.05, 0.1) is 22.5 Å². The average molecular weight is 341 g/mol. The van der Waals surface area contributed by atoms with Crippen LogP contribution in [0.15, 0.2) is 22.7 Å². The standard InChI is InChI=1S/C13H13BrN2O2S/c14-8-1-4-11-10(5-8)15-12(6-19-7-13(17)18)16(11)9-2-3-9/h1,4-5,9H,2-3,6-7H2,(H,17,18). The summed E-state index contributed by atoms with van der Waals surface area (Å²) in [7, 11) is 0. The molecule has 6 heteroatoms. The molecule has 0 aliphatic heterocycles. The lowest BCUT2D eigenvalue weighted by Gasteiger charge is -2.06. The van der Waals surface area contributed by atoms with Crippen molar-refractivity contribution in [3.8, 4) is 0 Å². The summed E-state index contributed by atoms with van der Waals surface area (Å²) < 4.78 is 3.29. The Morgan fingerprint density at radius 2 is 2.32 bits per heavy atom. The van der Waals surface area contributed by atoms with Crippen LogP contribution in [-0.4, -0.2) is 26.4 Å². The van der Waals surface area contributed by atoms with Gasteiger partial charge in [-0.3, -0.25) is 4.79 Å². The van der Waals surface area contributed by atoms with Crippen LogP contribution in [0.1, 0.15) is 24.7 Å². The third-order valence-corrected chi connectivity index (χ3v) is 4.50. The summed E-state index contributed by atoms with van der Waals surface area (Å²) in [5.41, 5.74) is 2.13. The molecule has 3 rings (SSSR count). The highest BCUT2D eigenvalue weighted by atomic mass is 79.9. The average Bonchev–Trinajstić information content (AvgIpc) is 3.11. The molecule has 0 atom stereocenters. The Hall–Kier alpha value is -1.01. The predicted molar refractivity (Wildman–Crippen MR) is 79.5 cm³/mol. The van der Waals surface area contributed by atoms with Crippen molar-refractivity contribution in [1.82, 2.24) is 9.55 Å². The van der Waals surface area contributed by atoms with Gasteiger partial charge in [0.1, 0.15) is 5.82 Å². The van der Waals surface area contributed by atoms with Crippen LogP contribution in [0, 0.1) is 0 Å². The van der Waals surface area contributed by atoms with Gasteiger partial charge in [0.15, 0.2) is 0 Å². The normalized spacial score (nSPS) is 15.0. The largest absolute Gasteiger partial charge is 0.481 e. The summed E-state index contributed by atoms with van der Waals surface area (Å²) in [4.78, 5) is 15.2. The number of hydrogen-bond donors (Lipinski definition) is 1. The fraction of sp³-hybridized carbons (Fsp3) is 0.385. The number of hydrogen-bond acceptors (Lipinski definition) is 3. The topological polar surface area (TPSA) is 55.1 Å². The molecule has 0 unspecified atom stereocenters. The van der Waals surface area contributed by atoms with Gasteiger partial charge in [0, 0.05) is 10.5 Å². The van der Waals surface area contributed by atoms with E-state index in [-0.39, 0.29) is 5.75 Å². The summed E-state index contributed by atoms with van der Waals surface area (Å²) in [6, 6.07) is 6.67. The molecule has 1 fully saturated rings. The molecule has 1 saturated carbocycles. The van der Waals surface area contributed by atoms with Crippen LogP contribution in [0.2, 0.25) is 0 Å². The maximum Gasteiger partial charge on any atom is 0.313 e. The van der Waals surface area contributed by atoms with Gasteiger partial charge in [-0.1, -0.05) is 15.9 Å². The van der Waals surface area contributed by atoms with Crippen LogP contribution < -0.4 is 0 Å². The van der Waals surface area contributed by atoms with Gasteiger partial charge in [-0.2, -0.15) is 0 Å². The zero-order valence-electron chi connectivity index (χ0n) is 10.2. The van der Waals surface area contributed by atoms with Crippen LogP contribution >= 0.6 is 27.7 Å². The second kappa shape index (κ2) is 5.17. The first kappa shape index (κ1) is 13.0. The van der Waals surface area contributed by atoms with Crippen LogP contribution in [0.25, 0.3) is 11.0 Å². The fourth-order valence-corrected chi connectivity index (χ4v) is 3.21. The smallest absolute Gasteiger partial charge is 0.313 e. The van der Waals surface area contributed by atoms with E-state index in [2.05, 4.69) is 31.5 Å². The van der Waals surface area contributed by atoms with Crippen molar-refractivity contribution >= 4 is 44.7 Å². The van der Waals surface area contributed by atoms with E-state index in [9.17, 15) is 4.79 Å². The fourth-order valence-electron chi connectivity index (χ4n) is 2.19. The molecule has 0 amide bonds. The number of nitrogens with zero attached hydrogens (tertiary/aromatic N) is 2. The molecule has 1 N–H and O–H groups in total. The van der Waals surface area contributed by atoms with Crippen molar-refractivity contribution < 1.29 is 9.90 Å². The first-order chi connectivity index (χ1) is 9.15. The SMILES string of the molecule is O=C(O)CSCc1nc2cc(Br)ccc2n1C1CC1. The van der Waals surface area contributed by atoms with E-state index in [1.807, 2.05) is 12.1 Å². The number of halogens is 1. The van der Waals surface area contributed by atoms with Crippen molar-refractivity contribution in [3.63, 3.8) is 0 Å². The molecular weight excluding hydrogens is 328 g/mol. The van der Waals surface area contributed by atoms with Gasteiger partial charge >= 0.3 is 5.97 Å². The van der Waals surface area contributed by atoms with E-state index in [0.717, 1.165) is 21.3 Å². The minimum atomic E-state index is -0.776. The van der Waals surface area contributed by atoms with Gasteiger partial charge in [0.25, 0.3) is 0 Å². The summed E-state index contributed by atoms with van der Waals surface area (Å²) >= 11 is 4.86. The van der Waals surface area contributed by atoms with E-state index in [0.29, 0.717) is 11.8 Å². The minimum absolute atomic E-state index is 0.123. The highest BCUT2D eigenvalue weighted by Gasteiger charge is 2.28. The van der Waals surface area contributed by atoms with Crippen LogP contribution in [0.5, 0.6) is 0 Å². The molecule has 1 aliphatic carbocycles. The highest BCUT2D eigenvalue weighted by Crippen LogP contribution is 2.39. The van der Waals surface area contributed by atoms with E-state index >= 15 is 0 Å². The number of carboxylic acid groups (broad SMARTS) is 1. The summed E-state index contributed by atoms with van der Waals surface area (Å²) in [5.74, 6) is 0.982. The van der Waals surface area contributed by atoms with E-state index in [1.165, 1.54) is 24.6 Å². The lowest BCUT2D eigenvalue weighted by atomic mass is 10.3. The number of aromatic nitrogens is 2. The Kier molecular flexibility index (Phi) is 3.54. The van der Waals surface area contributed by atoms with E-state index in [1.54, 1.807) is 0 Å². The number of benzene rings is 1. The molecule has 4 nitrogen and oxygen atoms in total. The first-order valence-corrected chi connectivity index (χ1v) is 8.06. The second-order valence-electron chi connectivity index (χ2n) is 4.65. The second-order valence-corrected chi connectivity index (χ2v) is 6.55. The van der Waals surface area contributed by atoms with Crippen molar-refractivity contribution in [2.45, 2.75) is 24.6 Å². The molecule has 19 heavy (non-hydrogen) atoms. The molecule has 0 radical (unpaired) electrons. The van der Waals surface area contributed by atoms with Crippen molar-refractivity contribution in [2.75, 3.05) is 5.75 Å². The Morgan fingerprint density at radius 3 is 3.00 bits per heavy atom. The van der Waals surface area contributed by atoms with E-state index in [4.69, 9.17) is 5.11 Å². The van der Waals surface area contributed by atoms with Gasteiger partial charge in [-0.25, -0.2) is 4.98 Å². The highest BCUT2D eigenvalue weighted by molar-refractivity contribution is 9.10. The number of thioether (sulfide) groups is 1. The number of rotatable bonds is 5. The molecule has 0 spiro atoms. The maximum atomic E-state index is 10.6. The van der Waals surface area contributed by atoms with Crippen molar-refractivity contribution in [2.24, 2.45) is 0 Å². The third kappa shape index (κ3) is 2.79. The zero-order valence-corrected chi connectivity index (χ0v) is 12.6. The monoisotopic (exact) mass is 340 g/mol. The molecule has 1 aromatic heterocycles. The zero-order chi connectivity index (χ0) is 13.4. The molecule has 0 bridgehead atoms. The Labute approximate surface area is 123 Å². The summed E-state index contributed by atoms with van der Waals surface area (Å²) in [6.07, 6.45) is 2.39. The lowest BCUT2D eigenvalue weighted by Crippen LogP contribution is -2.03. The maximum absolute atomic E-state index is 10.6. The molecule has 1 aliphatic rings. The van der Waals surface area contributed by atoms with Gasteiger partial charge in [0.2, 0.25) is 0 Å². The molecule has 100 valence electrons. The number of fused-ring (bicyclic) bond motifs is 1. The van der Waals surface area contributed by atoms with Crippen LogP contribution in [0.3, 0.4) is 0 Å². The molecule has 1 aromatic carbocycles. The Morgan fingerprint density at radius 1 is 1.53 bits per heavy atom. The van der Waals surface area contributed by atoms with Gasteiger partial charge in [-0.15, -0.1) is 11.8 Å². The predicted octanol–water partition coefficient (Wildman–Crippen LogP) is 3.45. The molecule has 2 aromatic rings.